The molecule has 0 radical (unpaired) electrons. The Labute approximate surface area is 118 Å². The van der Waals surface area contributed by atoms with Crippen LogP contribution in [0.2, 0.25) is 0 Å². The van der Waals surface area contributed by atoms with Crippen molar-refractivity contribution in [2.45, 2.75) is 27.2 Å². The van der Waals surface area contributed by atoms with Crippen LogP contribution >= 0.6 is 11.3 Å². The SMILES string of the molecule is CCc1nc(-c2ccc(OCC(C)C)c(N)c2)cs1. The Morgan fingerprint density at radius 2 is 2.16 bits per heavy atom. The van der Waals surface area contributed by atoms with E-state index >= 15 is 0 Å². The molecule has 19 heavy (non-hydrogen) atoms. The average molecular weight is 276 g/mol. The third-order valence-corrected chi connectivity index (χ3v) is 3.73. The first-order valence-corrected chi connectivity index (χ1v) is 7.45. The minimum Gasteiger partial charge on any atom is -0.491 e. The number of benzene rings is 1. The summed E-state index contributed by atoms with van der Waals surface area (Å²) in [5.74, 6) is 1.24. The van der Waals surface area contributed by atoms with E-state index in [4.69, 9.17) is 10.5 Å². The van der Waals surface area contributed by atoms with Crippen molar-refractivity contribution < 1.29 is 4.74 Å². The molecule has 2 aromatic rings. The number of aromatic nitrogens is 1. The number of aryl methyl sites for hydroxylation is 1. The van der Waals surface area contributed by atoms with Crippen LogP contribution in [-0.2, 0) is 6.42 Å². The lowest BCUT2D eigenvalue weighted by atomic mass is 10.1. The van der Waals surface area contributed by atoms with Gasteiger partial charge in [-0.3, -0.25) is 0 Å². The van der Waals surface area contributed by atoms with Crippen LogP contribution in [0.3, 0.4) is 0 Å². The van der Waals surface area contributed by atoms with Crippen molar-refractivity contribution in [2.24, 2.45) is 5.92 Å². The second-order valence-corrected chi connectivity index (χ2v) is 5.88. The highest BCUT2D eigenvalue weighted by Gasteiger charge is 2.07. The Morgan fingerprint density at radius 1 is 1.37 bits per heavy atom. The van der Waals surface area contributed by atoms with Gasteiger partial charge >= 0.3 is 0 Å². The van der Waals surface area contributed by atoms with Gasteiger partial charge in [-0.15, -0.1) is 11.3 Å². The van der Waals surface area contributed by atoms with Crippen molar-refractivity contribution >= 4 is 17.0 Å². The van der Waals surface area contributed by atoms with Crippen LogP contribution < -0.4 is 10.5 Å². The lowest BCUT2D eigenvalue weighted by molar-refractivity contribution is 0.272. The monoisotopic (exact) mass is 276 g/mol. The van der Waals surface area contributed by atoms with Crippen LogP contribution in [0.15, 0.2) is 23.6 Å². The van der Waals surface area contributed by atoms with Crippen LogP contribution in [0.25, 0.3) is 11.3 Å². The molecule has 1 aromatic carbocycles. The number of ether oxygens (including phenoxy) is 1. The maximum Gasteiger partial charge on any atom is 0.142 e. The first-order valence-electron chi connectivity index (χ1n) is 6.57. The van der Waals surface area contributed by atoms with E-state index in [1.807, 2.05) is 18.2 Å². The fourth-order valence-electron chi connectivity index (χ4n) is 1.70. The second-order valence-electron chi connectivity index (χ2n) is 4.94. The van der Waals surface area contributed by atoms with Gasteiger partial charge in [0.15, 0.2) is 0 Å². The molecule has 0 unspecified atom stereocenters. The van der Waals surface area contributed by atoms with Gasteiger partial charge in [0.2, 0.25) is 0 Å². The number of nitrogens with zero attached hydrogens (tertiary/aromatic N) is 1. The maximum atomic E-state index is 6.03. The predicted molar refractivity (Wildman–Crippen MR) is 81.7 cm³/mol. The highest BCUT2D eigenvalue weighted by Crippen LogP contribution is 2.29. The van der Waals surface area contributed by atoms with Crippen LogP contribution in [-0.4, -0.2) is 11.6 Å². The fraction of sp³-hybridized carbons (Fsp3) is 0.400. The van der Waals surface area contributed by atoms with Gasteiger partial charge in [-0.05, 0) is 30.5 Å². The van der Waals surface area contributed by atoms with E-state index in [0.29, 0.717) is 18.2 Å². The molecule has 0 saturated heterocycles. The molecule has 0 spiro atoms. The number of thiazole rings is 1. The molecule has 2 rings (SSSR count). The number of rotatable bonds is 5. The summed E-state index contributed by atoms with van der Waals surface area (Å²) in [4.78, 5) is 4.57. The molecule has 4 heteroatoms. The molecular formula is C15H20N2OS. The van der Waals surface area contributed by atoms with E-state index in [9.17, 15) is 0 Å². The molecule has 102 valence electrons. The fourth-order valence-corrected chi connectivity index (χ4v) is 2.46. The second kappa shape index (κ2) is 6.06. The molecule has 0 bridgehead atoms. The van der Waals surface area contributed by atoms with Crippen molar-refractivity contribution in [1.29, 1.82) is 0 Å². The summed E-state index contributed by atoms with van der Waals surface area (Å²) < 4.78 is 5.67. The third-order valence-electron chi connectivity index (χ3n) is 2.73. The summed E-state index contributed by atoms with van der Waals surface area (Å²) in [7, 11) is 0. The summed E-state index contributed by atoms with van der Waals surface area (Å²) in [6, 6.07) is 5.88. The number of hydrogen-bond donors (Lipinski definition) is 1. The molecule has 1 aromatic heterocycles. The topological polar surface area (TPSA) is 48.1 Å². The van der Waals surface area contributed by atoms with Gasteiger partial charge in [0.25, 0.3) is 0 Å². The van der Waals surface area contributed by atoms with Gasteiger partial charge in [0.05, 0.1) is 23.0 Å². The molecule has 0 amide bonds. The largest absolute Gasteiger partial charge is 0.491 e. The van der Waals surface area contributed by atoms with Gasteiger partial charge in [-0.2, -0.15) is 0 Å². The predicted octanol–water partition coefficient (Wildman–Crippen LogP) is 3.99. The molecular weight excluding hydrogens is 256 g/mol. The van der Waals surface area contributed by atoms with Crippen LogP contribution in [0.4, 0.5) is 5.69 Å². The standard InChI is InChI=1S/C15H20N2OS/c1-4-15-17-13(9-19-15)11-5-6-14(12(16)7-11)18-8-10(2)3/h5-7,9-10H,4,8,16H2,1-3H3. The summed E-state index contributed by atoms with van der Waals surface area (Å²) in [6.45, 7) is 7.03. The normalized spacial score (nSPS) is 10.9. The molecule has 0 saturated carbocycles. The van der Waals surface area contributed by atoms with Crippen molar-refractivity contribution in [3.05, 3.63) is 28.6 Å². The lowest BCUT2D eigenvalue weighted by Gasteiger charge is -2.11. The van der Waals surface area contributed by atoms with Gasteiger partial charge < -0.3 is 10.5 Å². The van der Waals surface area contributed by atoms with Crippen molar-refractivity contribution in [3.8, 4) is 17.0 Å². The zero-order valence-electron chi connectivity index (χ0n) is 11.6. The first kappa shape index (κ1) is 13.9. The third kappa shape index (κ3) is 3.47. The van der Waals surface area contributed by atoms with E-state index in [1.54, 1.807) is 11.3 Å². The number of nitrogens with two attached hydrogens (primary N) is 1. The number of hydrogen-bond acceptors (Lipinski definition) is 4. The molecule has 0 atom stereocenters. The zero-order chi connectivity index (χ0) is 13.8. The van der Waals surface area contributed by atoms with Gasteiger partial charge in [-0.1, -0.05) is 20.8 Å². The van der Waals surface area contributed by atoms with Crippen molar-refractivity contribution in [1.82, 2.24) is 4.98 Å². The van der Waals surface area contributed by atoms with Gasteiger partial charge in [0, 0.05) is 10.9 Å². The van der Waals surface area contributed by atoms with Crippen molar-refractivity contribution in [3.63, 3.8) is 0 Å². The summed E-state index contributed by atoms with van der Waals surface area (Å²) >= 11 is 1.69. The van der Waals surface area contributed by atoms with Crippen LogP contribution in [0.1, 0.15) is 25.8 Å². The highest BCUT2D eigenvalue weighted by atomic mass is 32.1. The van der Waals surface area contributed by atoms with E-state index in [1.165, 1.54) is 0 Å². The molecule has 2 N–H and O–H groups in total. The smallest absolute Gasteiger partial charge is 0.142 e. The van der Waals surface area contributed by atoms with E-state index in [2.05, 4.69) is 31.1 Å². The zero-order valence-corrected chi connectivity index (χ0v) is 12.5. The Morgan fingerprint density at radius 3 is 2.74 bits per heavy atom. The Kier molecular flexibility index (Phi) is 4.43. The minimum atomic E-state index is 0.490. The maximum absolute atomic E-state index is 6.03. The van der Waals surface area contributed by atoms with E-state index < -0.39 is 0 Å². The molecule has 1 heterocycles. The molecule has 0 aliphatic carbocycles. The summed E-state index contributed by atoms with van der Waals surface area (Å²) in [5.41, 5.74) is 8.74. The first-order chi connectivity index (χ1) is 9.10. The Bertz CT molecular complexity index is 549. The summed E-state index contributed by atoms with van der Waals surface area (Å²) in [5, 5.41) is 3.22. The van der Waals surface area contributed by atoms with Gasteiger partial charge in [-0.25, -0.2) is 4.98 Å². The van der Waals surface area contributed by atoms with Crippen LogP contribution in [0.5, 0.6) is 5.75 Å². The quantitative estimate of drug-likeness (QED) is 0.840. The molecule has 0 fully saturated rings. The lowest BCUT2D eigenvalue weighted by Crippen LogP contribution is -2.06. The van der Waals surface area contributed by atoms with Crippen molar-refractivity contribution in [2.75, 3.05) is 12.3 Å². The minimum absolute atomic E-state index is 0.490. The highest BCUT2D eigenvalue weighted by molar-refractivity contribution is 7.09. The van der Waals surface area contributed by atoms with Gasteiger partial charge in [0.1, 0.15) is 5.75 Å². The van der Waals surface area contributed by atoms with E-state index in [0.717, 1.165) is 28.4 Å². The number of nitrogen functional groups attached to an aromatic ring is 1. The Hall–Kier alpha value is -1.55. The van der Waals surface area contributed by atoms with Crippen LogP contribution in [0, 0.1) is 5.92 Å². The molecule has 0 aliphatic heterocycles. The molecule has 3 nitrogen and oxygen atoms in total. The number of anilines is 1. The average Bonchev–Trinajstić information content (AvgIpc) is 2.85. The molecule has 0 aliphatic rings. The summed E-state index contributed by atoms with van der Waals surface area (Å²) in [6.07, 6.45) is 0.968. The van der Waals surface area contributed by atoms with E-state index in [-0.39, 0.29) is 0 Å². The Balaban J connectivity index is 2.18.